The van der Waals surface area contributed by atoms with E-state index in [4.69, 9.17) is 0 Å². The van der Waals surface area contributed by atoms with Gasteiger partial charge in [-0.1, -0.05) is 0 Å². The molecule has 3 aromatic rings. The van der Waals surface area contributed by atoms with Crippen molar-refractivity contribution in [3.63, 3.8) is 0 Å². The normalized spacial score (nSPS) is 26.4. The predicted molar refractivity (Wildman–Crippen MR) is 111 cm³/mol. The lowest BCUT2D eigenvalue weighted by Gasteiger charge is -2.51. The predicted octanol–water partition coefficient (Wildman–Crippen LogP) is 5.63. The first-order valence-corrected chi connectivity index (χ1v) is 10.6. The summed E-state index contributed by atoms with van der Waals surface area (Å²) in [6.07, 6.45) is 12.5. The van der Waals surface area contributed by atoms with Gasteiger partial charge in [0.25, 0.3) is 0 Å². The Kier molecular flexibility index (Phi) is 4.65. The Morgan fingerprint density at radius 1 is 1.03 bits per heavy atom. The van der Waals surface area contributed by atoms with E-state index in [2.05, 4.69) is 16.0 Å². The Labute approximate surface area is 170 Å². The van der Waals surface area contributed by atoms with E-state index in [1.54, 1.807) is 24.5 Å². The molecule has 2 aliphatic carbocycles. The quantitative estimate of drug-likeness (QED) is 0.581. The molecule has 0 bridgehead atoms. The van der Waals surface area contributed by atoms with Crippen LogP contribution in [-0.4, -0.2) is 15.8 Å². The van der Waals surface area contributed by atoms with Crippen molar-refractivity contribution in [2.75, 3.05) is 0 Å². The molecule has 1 spiro atoms. The minimum absolute atomic E-state index is 0.200. The molecule has 0 N–H and O–H groups in total. The summed E-state index contributed by atoms with van der Waals surface area (Å²) in [6.45, 7) is 0. The van der Waals surface area contributed by atoms with Crippen LogP contribution in [0.5, 0.6) is 0 Å². The molecule has 3 nitrogen and oxygen atoms in total. The molecule has 0 radical (unpaired) electrons. The molecule has 2 aliphatic rings. The zero-order chi connectivity index (χ0) is 19.8. The first kappa shape index (κ1) is 18.4. The summed E-state index contributed by atoms with van der Waals surface area (Å²) >= 11 is 0. The Balaban J connectivity index is 1.22. The van der Waals surface area contributed by atoms with E-state index in [1.807, 2.05) is 18.3 Å². The molecule has 4 heteroatoms. The molecular formula is C25H25FN2O. The number of rotatable bonds is 4. The van der Waals surface area contributed by atoms with Gasteiger partial charge in [0.2, 0.25) is 0 Å². The van der Waals surface area contributed by atoms with Crippen molar-refractivity contribution < 1.29 is 9.18 Å². The lowest BCUT2D eigenvalue weighted by atomic mass is 9.53. The van der Waals surface area contributed by atoms with Crippen LogP contribution < -0.4 is 0 Å². The minimum Gasteiger partial charge on any atom is -0.299 e. The van der Waals surface area contributed by atoms with Gasteiger partial charge >= 0.3 is 0 Å². The van der Waals surface area contributed by atoms with E-state index in [0.29, 0.717) is 23.5 Å². The number of hydrogen-bond donors (Lipinski definition) is 0. The summed E-state index contributed by atoms with van der Waals surface area (Å²) in [4.78, 5) is 21.0. The minimum atomic E-state index is -0.200. The average molecular weight is 388 g/mol. The van der Waals surface area contributed by atoms with Crippen LogP contribution >= 0.6 is 0 Å². The van der Waals surface area contributed by atoms with Gasteiger partial charge in [-0.15, -0.1) is 0 Å². The third-order valence-electron chi connectivity index (χ3n) is 7.17. The van der Waals surface area contributed by atoms with Gasteiger partial charge in [0.05, 0.1) is 5.52 Å². The molecular weight excluding hydrogens is 363 g/mol. The number of halogens is 1. The summed E-state index contributed by atoms with van der Waals surface area (Å²) in [5, 5.41) is 0.951. The first-order chi connectivity index (χ1) is 14.1. The van der Waals surface area contributed by atoms with Crippen molar-refractivity contribution >= 4 is 16.7 Å². The summed E-state index contributed by atoms with van der Waals surface area (Å²) in [5.74, 6) is 0.850. The fraction of sp³-hybridized carbons (Fsp3) is 0.400. The van der Waals surface area contributed by atoms with Crippen LogP contribution in [0.4, 0.5) is 4.39 Å². The number of carbonyl (C=O) groups excluding carboxylic acids is 1. The SMILES string of the molecule is O=C(Cc1ccncc1)C1CC2(CCC(c3ccnc4ccc(F)cc34)CC2)C1. The second-order valence-electron chi connectivity index (χ2n) is 8.94. The summed E-state index contributed by atoms with van der Waals surface area (Å²) in [6, 6.07) is 10.8. The zero-order valence-corrected chi connectivity index (χ0v) is 16.5. The highest BCUT2D eigenvalue weighted by molar-refractivity contribution is 5.84. The third-order valence-corrected chi connectivity index (χ3v) is 7.17. The first-order valence-electron chi connectivity index (χ1n) is 10.6. The van der Waals surface area contributed by atoms with Gasteiger partial charge in [-0.2, -0.15) is 0 Å². The van der Waals surface area contributed by atoms with Crippen molar-refractivity contribution in [1.29, 1.82) is 0 Å². The molecule has 148 valence electrons. The fourth-order valence-electron chi connectivity index (χ4n) is 5.50. The maximum Gasteiger partial charge on any atom is 0.140 e. The molecule has 0 aliphatic heterocycles. The number of carbonyl (C=O) groups is 1. The molecule has 0 saturated heterocycles. The highest BCUT2D eigenvalue weighted by atomic mass is 19.1. The average Bonchev–Trinajstić information content (AvgIpc) is 2.72. The van der Waals surface area contributed by atoms with Crippen LogP contribution in [0.15, 0.2) is 55.0 Å². The van der Waals surface area contributed by atoms with Crippen LogP contribution in [0.2, 0.25) is 0 Å². The third kappa shape index (κ3) is 3.57. The monoisotopic (exact) mass is 388 g/mol. The fourth-order valence-corrected chi connectivity index (χ4v) is 5.50. The Hall–Kier alpha value is -2.62. The highest BCUT2D eigenvalue weighted by Crippen LogP contribution is 2.57. The number of nitrogens with zero attached hydrogens (tertiary/aromatic N) is 2. The molecule has 29 heavy (non-hydrogen) atoms. The van der Waals surface area contributed by atoms with Gasteiger partial charge in [0.1, 0.15) is 11.6 Å². The van der Waals surface area contributed by atoms with E-state index in [0.717, 1.165) is 55.0 Å². The number of ketones is 1. The van der Waals surface area contributed by atoms with Crippen LogP contribution in [0.3, 0.4) is 0 Å². The van der Waals surface area contributed by atoms with E-state index in [1.165, 1.54) is 11.6 Å². The number of hydrogen-bond acceptors (Lipinski definition) is 3. The van der Waals surface area contributed by atoms with Crippen LogP contribution in [0, 0.1) is 17.2 Å². The van der Waals surface area contributed by atoms with Crippen molar-refractivity contribution in [1.82, 2.24) is 9.97 Å². The molecule has 2 aromatic heterocycles. The second-order valence-corrected chi connectivity index (χ2v) is 8.94. The van der Waals surface area contributed by atoms with Crippen molar-refractivity contribution in [3.05, 3.63) is 71.9 Å². The summed E-state index contributed by atoms with van der Waals surface area (Å²) < 4.78 is 13.8. The lowest BCUT2D eigenvalue weighted by Crippen LogP contribution is -2.43. The smallest absolute Gasteiger partial charge is 0.140 e. The maximum absolute atomic E-state index is 13.8. The summed E-state index contributed by atoms with van der Waals surface area (Å²) in [7, 11) is 0. The second kappa shape index (κ2) is 7.33. The van der Waals surface area contributed by atoms with Gasteiger partial charge in [-0.05, 0) is 97.4 Å². The molecule has 2 heterocycles. The maximum atomic E-state index is 13.8. The van der Waals surface area contributed by atoms with Gasteiger partial charge in [0, 0.05) is 36.3 Å². The van der Waals surface area contributed by atoms with E-state index in [-0.39, 0.29) is 11.7 Å². The molecule has 2 saturated carbocycles. The number of Topliss-reactive ketones (excluding diaryl/α,β-unsaturated/α-hetero) is 1. The largest absolute Gasteiger partial charge is 0.299 e. The topological polar surface area (TPSA) is 42.9 Å². The Morgan fingerprint density at radius 3 is 2.55 bits per heavy atom. The number of benzene rings is 1. The number of aromatic nitrogens is 2. The van der Waals surface area contributed by atoms with Crippen LogP contribution in [0.1, 0.15) is 55.6 Å². The van der Waals surface area contributed by atoms with E-state index < -0.39 is 0 Å². The van der Waals surface area contributed by atoms with E-state index in [9.17, 15) is 9.18 Å². The van der Waals surface area contributed by atoms with Crippen molar-refractivity contribution in [2.24, 2.45) is 11.3 Å². The number of fused-ring (bicyclic) bond motifs is 1. The van der Waals surface area contributed by atoms with Crippen molar-refractivity contribution in [2.45, 2.75) is 50.9 Å². The Morgan fingerprint density at radius 2 is 1.79 bits per heavy atom. The van der Waals surface area contributed by atoms with Crippen molar-refractivity contribution in [3.8, 4) is 0 Å². The summed E-state index contributed by atoms with van der Waals surface area (Å²) in [5.41, 5.74) is 3.51. The number of pyridine rings is 2. The van der Waals surface area contributed by atoms with E-state index >= 15 is 0 Å². The molecule has 0 unspecified atom stereocenters. The highest BCUT2D eigenvalue weighted by Gasteiger charge is 2.48. The van der Waals surface area contributed by atoms with Gasteiger partial charge in [-0.25, -0.2) is 4.39 Å². The molecule has 2 fully saturated rings. The van der Waals surface area contributed by atoms with Gasteiger partial charge < -0.3 is 0 Å². The standard InChI is InChI=1S/C25H25FN2O/c26-20-1-2-23-22(14-20)21(7-12-28-23)18-3-8-25(9-4-18)15-19(16-25)24(29)13-17-5-10-27-11-6-17/h1-2,5-7,10-12,14,18-19H,3-4,8-9,13,15-16H2. The van der Waals surface area contributed by atoms with Gasteiger partial charge in [0.15, 0.2) is 0 Å². The molecule has 0 amide bonds. The molecule has 1 aromatic carbocycles. The van der Waals surface area contributed by atoms with Crippen LogP contribution in [-0.2, 0) is 11.2 Å². The Bertz CT molecular complexity index is 1030. The molecule has 5 rings (SSSR count). The van der Waals surface area contributed by atoms with Crippen LogP contribution in [0.25, 0.3) is 10.9 Å². The lowest BCUT2D eigenvalue weighted by molar-refractivity contribution is -0.131. The van der Waals surface area contributed by atoms with Gasteiger partial charge in [-0.3, -0.25) is 14.8 Å². The molecule has 0 atom stereocenters. The zero-order valence-electron chi connectivity index (χ0n) is 16.5.